The fourth-order valence-corrected chi connectivity index (χ4v) is 8.22. The molecule has 4 heterocycles. The van der Waals surface area contributed by atoms with Gasteiger partial charge in [-0.15, -0.1) is 34.0 Å². The number of hydrogen-bond donors (Lipinski definition) is 0. The van der Waals surface area contributed by atoms with E-state index >= 15 is 0 Å². The molecule has 0 radical (unpaired) electrons. The van der Waals surface area contributed by atoms with Crippen LogP contribution in [0.1, 0.15) is 37.6 Å². The summed E-state index contributed by atoms with van der Waals surface area (Å²) in [4.78, 5) is 14.2. The van der Waals surface area contributed by atoms with E-state index in [2.05, 4.69) is 29.4 Å². The van der Waals surface area contributed by atoms with Crippen LogP contribution in [-0.4, -0.2) is 27.3 Å². The molecule has 0 amide bonds. The highest BCUT2D eigenvalue weighted by molar-refractivity contribution is 8.02. The lowest BCUT2D eigenvalue weighted by atomic mass is 10.1. The minimum atomic E-state index is -0.469. The van der Waals surface area contributed by atoms with Gasteiger partial charge in [-0.25, -0.2) is 15.0 Å². The number of nitrogens with zero attached hydrogens (tertiary/aromatic N) is 3. The molecule has 9 heteroatoms. The van der Waals surface area contributed by atoms with Crippen LogP contribution in [0.4, 0.5) is 0 Å². The van der Waals surface area contributed by atoms with E-state index in [-0.39, 0.29) is 5.79 Å². The zero-order valence-corrected chi connectivity index (χ0v) is 19.6. The molecule has 1 spiro atoms. The first-order valence-corrected chi connectivity index (χ1v) is 13.2. The van der Waals surface area contributed by atoms with Crippen molar-refractivity contribution < 1.29 is 9.47 Å². The summed E-state index contributed by atoms with van der Waals surface area (Å²) in [5.74, 6) is -0.386. The van der Waals surface area contributed by atoms with Gasteiger partial charge in [0.15, 0.2) is 10.1 Å². The number of benzene rings is 1. The molecule has 1 aliphatic heterocycles. The van der Waals surface area contributed by atoms with E-state index in [1.807, 2.05) is 18.3 Å². The fraction of sp³-hybridized carbons (Fsp3) is 0.381. The number of ether oxygens (including phenoxy) is 2. The van der Waals surface area contributed by atoms with Crippen LogP contribution in [0.3, 0.4) is 0 Å². The van der Waals surface area contributed by atoms with Gasteiger partial charge in [-0.2, -0.15) is 0 Å². The van der Waals surface area contributed by atoms with Crippen LogP contribution in [0, 0.1) is 0 Å². The highest BCUT2D eigenvalue weighted by Crippen LogP contribution is 2.48. The molecule has 1 aliphatic carbocycles. The van der Waals surface area contributed by atoms with Crippen molar-refractivity contribution in [1.29, 1.82) is 0 Å². The van der Waals surface area contributed by atoms with Crippen molar-refractivity contribution in [1.82, 2.24) is 15.0 Å². The molecular weight excluding hydrogens is 455 g/mol. The zero-order valence-electron chi connectivity index (χ0n) is 16.3. The van der Waals surface area contributed by atoms with Crippen LogP contribution in [0.2, 0.25) is 0 Å². The highest BCUT2D eigenvalue weighted by Gasteiger charge is 2.51. The Morgan fingerprint density at radius 3 is 2.83 bits per heavy atom. The predicted molar refractivity (Wildman–Crippen MR) is 123 cm³/mol. The summed E-state index contributed by atoms with van der Waals surface area (Å²) in [7, 11) is 0. The van der Waals surface area contributed by atoms with E-state index in [4.69, 9.17) is 19.4 Å². The van der Waals surface area contributed by atoms with Crippen LogP contribution in [-0.2, 0) is 15.1 Å². The van der Waals surface area contributed by atoms with Crippen LogP contribution in [0.5, 0.6) is 0 Å². The Labute approximate surface area is 190 Å². The normalized spacial score (nSPS) is 23.1. The van der Waals surface area contributed by atoms with E-state index in [0.717, 1.165) is 42.6 Å². The summed E-state index contributed by atoms with van der Waals surface area (Å²) in [6.45, 7) is 2.66. The summed E-state index contributed by atoms with van der Waals surface area (Å²) >= 11 is 6.67. The number of para-hydroxylation sites is 1. The van der Waals surface area contributed by atoms with E-state index < -0.39 is 5.60 Å². The van der Waals surface area contributed by atoms with Gasteiger partial charge in [0.2, 0.25) is 0 Å². The third-order valence-electron chi connectivity index (χ3n) is 5.51. The molecule has 4 aromatic rings. The molecule has 0 N–H and O–H groups in total. The standard InChI is InChI=1S/C21H19N3O2S4/c1-20(12-25-21(26-20)8-4-5-9-21)18-23-14(11-27-18)17-22-10-16(29-17)30-19-24-13-6-2-3-7-15(13)28-19/h2-3,6-7,10-11H,4-5,8-9,12H2,1H3/t20-/m1/s1. The minimum absolute atomic E-state index is 0.386. The molecular formula is C21H19N3O2S4. The Kier molecular flexibility index (Phi) is 4.74. The third-order valence-corrected chi connectivity index (χ3v) is 9.82. The summed E-state index contributed by atoms with van der Waals surface area (Å²) in [5, 5.41) is 3.98. The van der Waals surface area contributed by atoms with E-state index in [1.165, 1.54) is 17.5 Å². The summed E-state index contributed by atoms with van der Waals surface area (Å²) in [6.07, 6.45) is 6.24. The number of thiazole rings is 3. The predicted octanol–water partition coefficient (Wildman–Crippen LogP) is 6.56. The van der Waals surface area contributed by atoms with Gasteiger partial charge in [-0.05, 0) is 43.7 Å². The molecule has 154 valence electrons. The smallest absolute Gasteiger partial charge is 0.169 e. The molecule has 1 aromatic carbocycles. The molecule has 0 bridgehead atoms. The number of rotatable bonds is 4. The van der Waals surface area contributed by atoms with Crippen LogP contribution in [0.15, 0.2) is 44.4 Å². The number of hydrogen-bond acceptors (Lipinski definition) is 9. The van der Waals surface area contributed by atoms with E-state index in [9.17, 15) is 0 Å². The Balaban J connectivity index is 1.21. The summed E-state index contributed by atoms with van der Waals surface area (Å²) in [6, 6.07) is 8.23. The Morgan fingerprint density at radius 2 is 1.97 bits per heavy atom. The molecule has 0 unspecified atom stereocenters. The zero-order chi connectivity index (χ0) is 20.2. The average Bonchev–Trinajstić information content (AvgIpc) is 3.54. The van der Waals surface area contributed by atoms with Crippen LogP contribution >= 0.6 is 45.8 Å². The van der Waals surface area contributed by atoms with E-state index in [0.29, 0.717) is 6.61 Å². The van der Waals surface area contributed by atoms with Crippen molar-refractivity contribution >= 4 is 56.0 Å². The van der Waals surface area contributed by atoms with Crippen LogP contribution in [0.25, 0.3) is 20.9 Å². The van der Waals surface area contributed by atoms with Crippen molar-refractivity contribution in [2.24, 2.45) is 0 Å². The average molecular weight is 474 g/mol. The van der Waals surface area contributed by atoms with Crippen molar-refractivity contribution in [3.05, 3.63) is 40.8 Å². The fourth-order valence-electron chi connectivity index (χ4n) is 4.02. The monoisotopic (exact) mass is 473 g/mol. The van der Waals surface area contributed by atoms with Gasteiger partial charge >= 0.3 is 0 Å². The highest BCUT2D eigenvalue weighted by atomic mass is 32.2. The van der Waals surface area contributed by atoms with Gasteiger partial charge in [0, 0.05) is 18.2 Å². The van der Waals surface area contributed by atoms with Crippen molar-refractivity contribution in [3.8, 4) is 10.7 Å². The Hall–Kier alpha value is -1.36. The van der Waals surface area contributed by atoms with Crippen molar-refractivity contribution in [2.75, 3.05) is 6.61 Å². The molecule has 1 atom stereocenters. The quantitative estimate of drug-likeness (QED) is 0.334. The minimum Gasteiger partial charge on any atom is -0.346 e. The van der Waals surface area contributed by atoms with Crippen molar-refractivity contribution in [3.63, 3.8) is 0 Å². The summed E-state index contributed by atoms with van der Waals surface area (Å²) < 4.78 is 15.9. The van der Waals surface area contributed by atoms with Crippen molar-refractivity contribution in [2.45, 2.75) is 52.5 Å². The largest absolute Gasteiger partial charge is 0.346 e. The second-order valence-corrected chi connectivity index (χ2v) is 12.3. The maximum absolute atomic E-state index is 6.44. The van der Waals surface area contributed by atoms with Gasteiger partial charge < -0.3 is 9.47 Å². The second-order valence-electron chi connectivity index (χ2n) is 7.81. The van der Waals surface area contributed by atoms with Gasteiger partial charge in [-0.1, -0.05) is 12.1 Å². The van der Waals surface area contributed by atoms with Gasteiger partial charge in [0.25, 0.3) is 0 Å². The molecule has 5 nitrogen and oxygen atoms in total. The molecule has 2 fully saturated rings. The molecule has 1 saturated carbocycles. The maximum atomic E-state index is 6.44. The van der Waals surface area contributed by atoms with Gasteiger partial charge in [-0.3, -0.25) is 0 Å². The van der Waals surface area contributed by atoms with E-state index in [1.54, 1.807) is 45.8 Å². The van der Waals surface area contributed by atoms with Gasteiger partial charge in [0.1, 0.15) is 21.3 Å². The lowest BCUT2D eigenvalue weighted by Gasteiger charge is -2.25. The third kappa shape index (κ3) is 3.41. The number of aromatic nitrogens is 3. The maximum Gasteiger partial charge on any atom is 0.169 e. The first kappa shape index (κ1) is 19.3. The molecule has 2 aliphatic rings. The Bertz CT molecular complexity index is 1180. The molecule has 6 rings (SSSR count). The lowest BCUT2D eigenvalue weighted by molar-refractivity contribution is -0.180. The summed E-state index contributed by atoms with van der Waals surface area (Å²) in [5.41, 5.74) is 1.49. The number of fused-ring (bicyclic) bond motifs is 1. The van der Waals surface area contributed by atoms with Gasteiger partial charge in [0.05, 0.1) is 27.2 Å². The SMILES string of the molecule is C[C@]1(c2nc(-c3ncc(Sc4nc5ccccc5s4)s3)cs2)COC2(CCCC2)O1. The first-order chi connectivity index (χ1) is 14.6. The topological polar surface area (TPSA) is 57.1 Å². The Morgan fingerprint density at radius 1 is 1.10 bits per heavy atom. The molecule has 3 aromatic heterocycles. The molecule has 1 saturated heterocycles. The van der Waals surface area contributed by atoms with Crippen LogP contribution < -0.4 is 0 Å². The first-order valence-electron chi connectivity index (χ1n) is 9.91. The lowest BCUT2D eigenvalue weighted by Crippen LogP contribution is -2.30. The second kappa shape index (κ2) is 7.36. The molecule has 30 heavy (non-hydrogen) atoms.